The molecule has 0 aliphatic heterocycles. The number of hydrogen-bond acceptors (Lipinski definition) is 5. The molecule has 3 rings (SSSR count). The van der Waals surface area contributed by atoms with Crippen molar-refractivity contribution < 1.29 is 5.11 Å². The summed E-state index contributed by atoms with van der Waals surface area (Å²) in [6, 6.07) is 22.1. The van der Waals surface area contributed by atoms with Gasteiger partial charge in [-0.05, 0) is 11.5 Å². The molecule has 5 heteroatoms. The van der Waals surface area contributed by atoms with Gasteiger partial charge in [-0.2, -0.15) is 4.98 Å². The minimum atomic E-state index is -0.0991. The predicted molar refractivity (Wildman–Crippen MR) is 111 cm³/mol. The number of benzene rings is 2. The zero-order valence-corrected chi connectivity index (χ0v) is 15.8. The average Bonchev–Trinajstić information content (AvgIpc) is 2.71. The van der Waals surface area contributed by atoms with Gasteiger partial charge in [-0.15, -0.1) is 0 Å². The summed E-state index contributed by atoms with van der Waals surface area (Å²) in [6.07, 6.45) is 0. The lowest BCUT2D eigenvalue weighted by Gasteiger charge is -2.20. The van der Waals surface area contributed by atoms with E-state index in [0.717, 1.165) is 17.1 Å². The van der Waals surface area contributed by atoms with Gasteiger partial charge in [0.2, 0.25) is 5.95 Å². The van der Waals surface area contributed by atoms with E-state index in [4.69, 9.17) is 0 Å². The van der Waals surface area contributed by atoms with Crippen LogP contribution < -0.4 is 10.6 Å². The Morgan fingerprint density at radius 2 is 1.59 bits per heavy atom. The summed E-state index contributed by atoms with van der Waals surface area (Å²) in [6.45, 7) is 4.83. The van der Waals surface area contributed by atoms with Crippen LogP contribution in [-0.2, 0) is 6.54 Å². The molecule has 2 aromatic carbocycles. The molecule has 0 aliphatic carbocycles. The van der Waals surface area contributed by atoms with Crippen LogP contribution in [0.3, 0.4) is 0 Å². The maximum absolute atomic E-state index is 9.63. The fourth-order valence-electron chi connectivity index (χ4n) is 2.74. The Morgan fingerprint density at radius 1 is 0.926 bits per heavy atom. The third-order valence-electron chi connectivity index (χ3n) is 4.43. The van der Waals surface area contributed by atoms with Gasteiger partial charge in [0.25, 0.3) is 0 Å². The molecular weight excluding hydrogens is 336 g/mol. The first kappa shape index (κ1) is 18.9. The van der Waals surface area contributed by atoms with Crippen LogP contribution in [0, 0.1) is 5.92 Å². The number of rotatable bonds is 8. The first-order valence-corrected chi connectivity index (χ1v) is 9.25. The fraction of sp³-hybridized carbons (Fsp3) is 0.273. The molecular formula is C22H26N4O. The van der Waals surface area contributed by atoms with Crippen LogP contribution in [0.5, 0.6) is 0 Å². The Kier molecular flexibility index (Phi) is 6.39. The van der Waals surface area contributed by atoms with Crippen molar-refractivity contribution in [2.24, 2.45) is 5.92 Å². The number of hydrogen-bond donors (Lipinski definition) is 3. The van der Waals surface area contributed by atoms with Crippen LogP contribution >= 0.6 is 0 Å². The van der Waals surface area contributed by atoms with E-state index in [-0.39, 0.29) is 18.6 Å². The van der Waals surface area contributed by atoms with E-state index in [0.29, 0.717) is 12.5 Å². The van der Waals surface area contributed by atoms with Crippen molar-refractivity contribution in [2.75, 3.05) is 17.2 Å². The maximum Gasteiger partial charge on any atom is 0.225 e. The van der Waals surface area contributed by atoms with E-state index in [9.17, 15) is 5.11 Å². The summed E-state index contributed by atoms with van der Waals surface area (Å²) in [5.41, 5.74) is 3.04. The molecule has 3 aromatic rings. The van der Waals surface area contributed by atoms with Gasteiger partial charge in [0, 0.05) is 18.2 Å². The van der Waals surface area contributed by atoms with Crippen molar-refractivity contribution >= 4 is 11.8 Å². The fourth-order valence-corrected chi connectivity index (χ4v) is 2.74. The molecule has 0 fully saturated rings. The third-order valence-corrected chi connectivity index (χ3v) is 4.43. The SMILES string of the molecule is CC(C)[C@H](CO)Nc1nc(NCc2ccccc2)cc(-c2ccccc2)n1. The van der Waals surface area contributed by atoms with E-state index in [2.05, 4.69) is 46.6 Å². The molecule has 0 radical (unpaired) electrons. The van der Waals surface area contributed by atoms with Crippen molar-refractivity contribution in [1.29, 1.82) is 0 Å². The summed E-state index contributed by atoms with van der Waals surface area (Å²) in [5, 5.41) is 16.3. The molecule has 27 heavy (non-hydrogen) atoms. The van der Waals surface area contributed by atoms with Crippen LogP contribution in [0.25, 0.3) is 11.3 Å². The number of aromatic nitrogens is 2. The minimum Gasteiger partial charge on any atom is -0.394 e. The number of anilines is 2. The summed E-state index contributed by atoms with van der Waals surface area (Å²) in [4.78, 5) is 9.26. The zero-order valence-electron chi connectivity index (χ0n) is 15.8. The lowest BCUT2D eigenvalue weighted by atomic mass is 10.1. The summed E-state index contributed by atoms with van der Waals surface area (Å²) >= 11 is 0. The molecule has 0 spiro atoms. The molecule has 0 bridgehead atoms. The normalized spacial score (nSPS) is 12.0. The van der Waals surface area contributed by atoms with Crippen LogP contribution in [0.1, 0.15) is 19.4 Å². The highest BCUT2D eigenvalue weighted by Crippen LogP contribution is 2.22. The topological polar surface area (TPSA) is 70.1 Å². The van der Waals surface area contributed by atoms with Gasteiger partial charge in [0.1, 0.15) is 5.82 Å². The molecule has 0 saturated heterocycles. The van der Waals surface area contributed by atoms with Gasteiger partial charge < -0.3 is 15.7 Å². The molecule has 1 aromatic heterocycles. The second-order valence-electron chi connectivity index (χ2n) is 6.84. The zero-order chi connectivity index (χ0) is 19.1. The monoisotopic (exact) mass is 362 g/mol. The molecule has 1 heterocycles. The average molecular weight is 362 g/mol. The van der Waals surface area contributed by atoms with Crippen molar-refractivity contribution in [3.05, 3.63) is 72.3 Å². The number of aliphatic hydroxyl groups is 1. The van der Waals surface area contributed by atoms with Gasteiger partial charge in [-0.25, -0.2) is 4.98 Å². The van der Waals surface area contributed by atoms with Crippen molar-refractivity contribution in [2.45, 2.75) is 26.4 Å². The molecule has 5 nitrogen and oxygen atoms in total. The molecule has 140 valence electrons. The van der Waals surface area contributed by atoms with Crippen LogP contribution in [-0.4, -0.2) is 27.7 Å². The molecule has 3 N–H and O–H groups in total. The lowest BCUT2D eigenvalue weighted by molar-refractivity contribution is 0.248. The second kappa shape index (κ2) is 9.14. The van der Waals surface area contributed by atoms with E-state index in [1.54, 1.807) is 0 Å². The molecule has 0 unspecified atom stereocenters. The van der Waals surface area contributed by atoms with Crippen molar-refractivity contribution in [3.8, 4) is 11.3 Å². The van der Waals surface area contributed by atoms with Crippen LogP contribution in [0.4, 0.5) is 11.8 Å². The Hall–Kier alpha value is -2.92. The Morgan fingerprint density at radius 3 is 2.22 bits per heavy atom. The third kappa shape index (κ3) is 5.28. The van der Waals surface area contributed by atoms with E-state index >= 15 is 0 Å². The highest BCUT2D eigenvalue weighted by atomic mass is 16.3. The highest BCUT2D eigenvalue weighted by molar-refractivity contribution is 5.64. The van der Waals surface area contributed by atoms with Gasteiger partial charge in [-0.3, -0.25) is 0 Å². The van der Waals surface area contributed by atoms with E-state index in [1.807, 2.05) is 54.6 Å². The van der Waals surface area contributed by atoms with E-state index in [1.165, 1.54) is 5.56 Å². The Labute approximate surface area is 160 Å². The largest absolute Gasteiger partial charge is 0.394 e. The standard InChI is InChI=1S/C22H26N4O/c1-16(2)20(15-27)25-22-24-19(18-11-7-4-8-12-18)13-21(26-22)23-14-17-9-5-3-6-10-17/h3-13,16,20,27H,14-15H2,1-2H3,(H2,23,24,25,26)/t20-/m0/s1. The maximum atomic E-state index is 9.63. The molecule has 0 amide bonds. The van der Waals surface area contributed by atoms with Crippen LogP contribution in [0.15, 0.2) is 66.7 Å². The van der Waals surface area contributed by atoms with Gasteiger partial charge in [-0.1, -0.05) is 74.5 Å². The molecule has 0 aliphatic rings. The first-order valence-electron chi connectivity index (χ1n) is 9.25. The van der Waals surface area contributed by atoms with Gasteiger partial charge in [0.15, 0.2) is 0 Å². The molecule has 0 saturated carbocycles. The van der Waals surface area contributed by atoms with Crippen molar-refractivity contribution in [1.82, 2.24) is 9.97 Å². The Bertz CT molecular complexity index is 837. The number of nitrogens with zero attached hydrogens (tertiary/aromatic N) is 2. The van der Waals surface area contributed by atoms with Crippen LogP contribution in [0.2, 0.25) is 0 Å². The Balaban J connectivity index is 1.88. The quantitative estimate of drug-likeness (QED) is 0.561. The second-order valence-corrected chi connectivity index (χ2v) is 6.84. The summed E-state index contributed by atoms with van der Waals surface area (Å²) < 4.78 is 0. The van der Waals surface area contributed by atoms with E-state index < -0.39 is 0 Å². The molecule has 1 atom stereocenters. The lowest BCUT2D eigenvalue weighted by Crippen LogP contribution is -2.30. The summed E-state index contributed by atoms with van der Waals surface area (Å²) in [7, 11) is 0. The van der Waals surface area contributed by atoms with Gasteiger partial charge >= 0.3 is 0 Å². The minimum absolute atomic E-state index is 0.0311. The van der Waals surface area contributed by atoms with Crippen molar-refractivity contribution in [3.63, 3.8) is 0 Å². The number of aliphatic hydroxyl groups excluding tert-OH is 1. The summed E-state index contributed by atoms with van der Waals surface area (Å²) in [5.74, 6) is 1.52. The smallest absolute Gasteiger partial charge is 0.225 e. The first-order chi connectivity index (χ1) is 13.2. The van der Waals surface area contributed by atoms with Gasteiger partial charge in [0.05, 0.1) is 18.3 Å². The highest BCUT2D eigenvalue weighted by Gasteiger charge is 2.15. The predicted octanol–water partition coefficient (Wildman–Crippen LogP) is 4.18. The number of nitrogens with one attached hydrogen (secondary N) is 2.